The van der Waals surface area contributed by atoms with E-state index in [1.807, 2.05) is 51.1 Å². The van der Waals surface area contributed by atoms with Crippen LogP contribution in [0.15, 0.2) is 65.0 Å². The van der Waals surface area contributed by atoms with Crippen molar-refractivity contribution in [3.63, 3.8) is 0 Å². The second-order valence-electron chi connectivity index (χ2n) is 9.81. The molecule has 0 saturated heterocycles. The Labute approximate surface area is 221 Å². The third-order valence-electron chi connectivity index (χ3n) is 6.55. The predicted octanol–water partition coefficient (Wildman–Crippen LogP) is 6.36. The molecule has 1 aromatic heterocycles. The number of nitrogens with zero attached hydrogens (tertiary/aromatic N) is 2. The van der Waals surface area contributed by atoms with Gasteiger partial charge in [-0.25, -0.2) is 13.8 Å². The summed E-state index contributed by atoms with van der Waals surface area (Å²) >= 11 is 0. The highest BCUT2D eigenvalue weighted by Gasteiger charge is 2.29. The number of likely N-dealkylation sites (N-methyl/N-ethyl adjacent to an activating group) is 1. The van der Waals surface area contributed by atoms with Crippen LogP contribution < -0.4 is 15.4 Å². The highest BCUT2D eigenvalue weighted by Crippen LogP contribution is 2.35. The molecule has 0 bridgehead atoms. The molecule has 0 fully saturated rings. The molecule has 200 valence electrons. The van der Waals surface area contributed by atoms with Gasteiger partial charge in [-0.2, -0.15) is 0 Å². The van der Waals surface area contributed by atoms with Crippen molar-refractivity contribution in [3.8, 4) is 5.75 Å². The second-order valence-corrected chi connectivity index (χ2v) is 9.81. The molecule has 0 radical (unpaired) electrons. The van der Waals surface area contributed by atoms with Crippen LogP contribution in [-0.4, -0.2) is 41.8 Å². The molecule has 2 atom stereocenters. The van der Waals surface area contributed by atoms with Crippen LogP contribution >= 0.6 is 0 Å². The first kappa shape index (κ1) is 27.1. The lowest BCUT2D eigenvalue weighted by Gasteiger charge is -2.30. The van der Waals surface area contributed by atoms with E-state index in [2.05, 4.69) is 20.6 Å². The van der Waals surface area contributed by atoms with Gasteiger partial charge in [0.05, 0.1) is 11.1 Å². The van der Waals surface area contributed by atoms with Gasteiger partial charge in [0.25, 0.3) is 0 Å². The molecule has 2 unspecified atom stereocenters. The number of allylic oxidation sites excluding steroid dienone is 2. The lowest BCUT2D eigenvalue weighted by Crippen LogP contribution is -2.36. The summed E-state index contributed by atoms with van der Waals surface area (Å²) in [4.78, 5) is 20.9. The Bertz CT molecular complexity index is 1440. The third kappa shape index (κ3) is 5.78. The lowest BCUT2D eigenvalue weighted by molar-refractivity contribution is -0.114. The highest BCUT2D eigenvalue weighted by molar-refractivity contribution is 6.09. The van der Waals surface area contributed by atoms with Gasteiger partial charge in [0.15, 0.2) is 17.4 Å². The van der Waals surface area contributed by atoms with E-state index in [-0.39, 0.29) is 34.5 Å². The van der Waals surface area contributed by atoms with Crippen molar-refractivity contribution in [2.75, 3.05) is 24.7 Å². The summed E-state index contributed by atoms with van der Waals surface area (Å²) in [6, 6.07) is 9.70. The molecule has 0 spiro atoms. The Balaban J connectivity index is 1.81. The quantitative estimate of drug-likeness (QED) is 0.353. The van der Waals surface area contributed by atoms with Crippen LogP contribution in [0.4, 0.5) is 20.2 Å². The van der Waals surface area contributed by atoms with Crippen molar-refractivity contribution in [1.29, 1.82) is 0 Å². The summed E-state index contributed by atoms with van der Waals surface area (Å²) in [7, 11) is 3.87. The fraction of sp³-hybridized carbons (Fsp3) is 0.310. The van der Waals surface area contributed by atoms with Crippen molar-refractivity contribution in [2.45, 2.75) is 40.2 Å². The zero-order chi connectivity index (χ0) is 27.6. The van der Waals surface area contributed by atoms with E-state index >= 15 is 4.39 Å². The average molecular weight is 522 g/mol. The number of benzene rings is 2. The molecule has 2 aromatic carbocycles. The number of aryl methyl sites for hydroxylation is 1. The Morgan fingerprint density at radius 2 is 1.87 bits per heavy atom. The summed E-state index contributed by atoms with van der Waals surface area (Å²) in [5, 5.41) is 6.25. The van der Waals surface area contributed by atoms with Gasteiger partial charge in [-0.3, -0.25) is 4.79 Å². The maximum Gasteiger partial charge on any atom is 0.221 e. The van der Waals surface area contributed by atoms with Crippen LogP contribution in [-0.2, 0) is 4.79 Å². The number of amidine groups is 1. The van der Waals surface area contributed by atoms with E-state index in [4.69, 9.17) is 4.74 Å². The van der Waals surface area contributed by atoms with Crippen molar-refractivity contribution in [3.05, 3.63) is 77.3 Å². The van der Waals surface area contributed by atoms with Crippen molar-refractivity contribution in [2.24, 2.45) is 10.9 Å². The molecule has 38 heavy (non-hydrogen) atoms. The zero-order valence-corrected chi connectivity index (χ0v) is 22.4. The van der Waals surface area contributed by atoms with E-state index in [9.17, 15) is 9.18 Å². The molecule has 0 aliphatic carbocycles. The maximum absolute atomic E-state index is 15.6. The number of H-pyrrole nitrogens is 1. The number of carbonyl (C=O) groups is 1. The fourth-order valence-corrected chi connectivity index (χ4v) is 4.37. The van der Waals surface area contributed by atoms with Crippen molar-refractivity contribution in [1.82, 2.24) is 9.88 Å². The number of aliphatic imine (C=N–C) groups is 1. The maximum atomic E-state index is 15.6. The number of rotatable bonds is 6. The monoisotopic (exact) mass is 521 g/mol. The summed E-state index contributed by atoms with van der Waals surface area (Å²) in [5.74, 6) is -0.668. The molecule has 0 saturated carbocycles. The van der Waals surface area contributed by atoms with E-state index in [1.54, 1.807) is 31.3 Å². The minimum atomic E-state index is -0.625. The molecular formula is C29H33F2N5O2. The number of hydrogen-bond donors (Lipinski definition) is 3. The number of aromatic amines is 1. The van der Waals surface area contributed by atoms with Gasteiger partial charge in [0.1, 0.15) is 11.6 Å². The minimum Gasteiger partial charge on any atom is -0.458 e. The normalized spacial score (nSPS) is 17.6. The first-order valence-electron chi connectivity index (χ1n) is 12.5. The topological polar surface area (TPSA) is 81.7 Å². The molecule has 3 aromatic rings. The Morgan fingerprint density at radius 1 is 1.18 bits per heavy atom. The van der Waals surface area contributed by atoms with E-state index in [1.165, 1.54) is 6.92 Å². The Kier molecular flexibility index (Phi) is 7.97. The minimum absolute atomic E-state index is 0.114. The SMILES string of the molecule is CC(=O)Nc1ccc(NC2=N/C=C/CC(C)C(Oc3cc(F)c4[nH]c(C)cc4c3F)=C2C(C)N(C)C)cc1. The van der Waals surface area contributed by atoms with Crippen LogP contribution in [0.5, 0.6) is 5.75 Å². The van der Waals surface area contributed by atoms with Crippen LogP contribution in [0.3, 0.4) is 0 Å². The average Bonchev–Trinajstić information content (AvgIpc) is 3.26. The molecular weight excluding hydrogens is 488 g/mol. The third-order valence-corrected chi connectivity index (χ3v) is 6.55. The van der Waals surface area contributed by atoms with Crippen LogP contribution in [0.1, 0.15) is 32.9 Å². The van der Waals surface area contributed by atoms with Crippen LogP contribution in [0.2, 0.25) is 0 Å². The first-order chi connectivity index (χ1) is 18.0. The standard InChI is InChI=1S/C29H33F2N5O2/c1-16-8-7-13-32-29(35-21-11-9-20(10-12-21)34-19(4)37)25(18(3)36(5)6)28(16)38-24-15-23(30)27-22(26(24)31)14-17(2)33-27/h7,9-16,18,33H,8H2,1-6H3,(H,32,35)(H,34,37)/b13-7+,28-25?. The summed E-state index contributed by atoms with van der Waals surface area (Å²) in [5.41, 5.74) is 2.91. The number of carbonyl (C=O) groups excluding carboxylic acids is 1. The molecule has 2 heterocycles. The van der Waals surface area contributed by atoms with Crippen LogP contribution in [0, 0.1) is 24.5 Å². The molecule has 7 nitrogen and oxygen atoms in total. The molecule has 1 amide bonds. The van der Waals surface area contributed by atoms with Gasteiger partial charge < -0.3 is 25.3 Å². The molecule has 3 N–H and O–H groups in total. The fourth-order valence-electron chi connectivity index (χ4n) is 4.37. The molecule has 4 rings (SSSR count). The van der Waals surface area contributed by atoms with Crippen LogP contribution in [0.25, 0.3) is 10.9 Å². The zero-order valence-electron chi connectivity index (χ0n) is 22.4. The number of hydrogen-bond acceptors (Lipinski definition) is 5. The summed E-state index contributed by atoms with van der Waals surface area (Å²) < 4.78 is 36.7. The van der Waals surface area contributed by atoms with Gasteiger partial charge in [-0.1, -0.05) is 13.0 Å². The first-order valence-corrected chi connectivity index (χ1v) is 12.5. The number of halogens is 2. The Morgan fingerprint density at radius 3 is 2.53 bits per heavy atom. The molecule has 9 heteroatoms. The Hall–Kier alpha value is -3.98. The van der Waals surface area contributed by atoms with Gasteiger partial charge in [0.2, 0.25) is 5.91 Å². The number of nitrogens with one attached hydrogen (secondary N) is 3. The van der Waals surface area contributed by atoms with Crippen molar-refractivity contribution >= 4 is 34.0 Å². The number of amides is 1. The molecule has 1 aliphatic heterocycles. The van der Waals surface area contributed by atoms with Gasteiger partial charge in [-0.05, 0) is 64.7 Å². The van der Waals surface area contributed by atoms with E-state index < -0.39 is 11.6 Å². The van der Waals surface area contributed by atoms with E-state index in [0.29, 0.717) is 29.4 Å². The van der Waals surface area contributed by atoms with Gasteiger partial charge >= 0.3 is 0 Å². The smallest absolute Gasteiger partial charge is 0.221 e. The highest BCUT2D eigenvalue weighted by atomic mass is 19.1. The largest absolute Gasteiger partial charge is 0.458 e. The number of aromatic nitrogens is 1. The predicted molar refractivity (Wildman–Crippen MR) is 148 cm³/mol. The number of fused-ring (bicyclic) bond motifs is 1. The molecule has 1 aliphatic rings. The van der Waals surface area contributed by atoms with Crippen molar-refractivity contribution < 1.29 is 18.3 Å². The second kappa shape index (κ2) is 11.2. The number of ether oxygens (including phenoxy) is 1. The van der Waals surface area contributed by atoms with E-state index in [0.717, 1.165) is 17.3 Å². The van der Waals surface area contributed by atoms with Gasteiger partial charge in [0, 0.05) is 53.6 Å². The summed E-state index contributed by atoms with van der Waals surface area (Å²) in [6.45, 7) is 7.19. The lowest BCUT2D eigenvalue weighted by atomic mass is 9.94. The van der Waals surface area contributed by atoms with Gasteiger partial charge in [-0.15, -0.1) is 0 Å². The summed E-state index contributed by atoms with van der Waals surface area (Å²) in [6.07, 6.45) is 4.26. The number of anilines is 2.